The van der Waals surface area contributed by atoms with Crippen LogP contribution in [0.3, 0.4) is 0 Å². The van der Waals surface area contributed by atoms with Gasteiger partial charge in [0.05, 0.1) is 6.61 Å². The Labute approximate surface area is 108 Å². The van der Waals surface area contributed by atoms with Gasteiger partial charge in [-0.05, 0) is 41.5 Å². The van der Waals surface area contributed by atoms with Crippen molar-refractivity contribution in [3.8, 4) is 0 Å². The van der Waals surface area contributed by atoms with Crippen LogP contribution in [-0.2, 0) is 23.9 Å². The summed E-state index contributed by atoms with van der Waals surface area (Å²) < 4.78 is 9.83. The van der Waals surface area contributed by atoms with Crippen molar-refractivity contribution in [1.29, 1.82) is 0 Å². The summed E-state index contributed by atoms with van der Waals surface area (Å²) in [7, 11) is 0. The van der Waals surface area contributed by atoms with Gasteiger partial charge in [0.25, 0.3) is 0 Å². The summed E-state index contributed by atoms with van der Waals surface area (Å²) in [5, 5.41) is 0. The topological polar surface area (TPSA) is 69.7 Å². The molecule has 0 bridgehead atoms. The Morgan fingerprint density at radius 2 is 1.50 bits per heavy atom. The Morgan fingerprint density at radius 3 is 1.89 bits per heavy atom. The van der Waals surface area contributed by atoms with Gasteiger partial charge in [-0.1, -0.05) is 0 Å². The summed E-state index contributed by atoms with van der Waals surface area (Å²) in [6, 6.07) is 0. The predicted molar refractivity (Wildman–Crippen MR) is 65.9 cm³/mol. The zero-order valence-corrected chi connectivity index (χ0v) is 12.0. The molecule has 0 radical (unpaired) electrons. The minimum Gasteiger partial charge on any atom is -0.465 e. The molecule has 18 heavy (non-hydrogen) atoms. The van der Waals surface area contributed by atoms with Crippen LogP contribution in [0.5, 0.6) is 0 Å². The molecular formula is C13H22O5. The van der Waals surface area contributed by atoms with E-state index in [1.807, 2.05) is 0 Å². The van der Waals surface area contributed by atoms with Gasteiger partial charge in [-0.2, -0.15) is 0 Å². The third kappa shape index (κ3) is 5.29. The molecule has 104 valence electrons. The van der Waals surface area contributed by atoms with Crippen molar-refractivity contribution >= 4 is 17.7 Å². The smallest absolute Gasteiger partial charge is 0.319 e. The fourth-order valence-corrected chi connectivity index (χ4v) is 1.16. The van der Waals surface area contributed by atoms with Gasteiger partial charge < -0.3 is 9.47 Å². The van der Waals surface area contributed by atoms with E-state index in [4.69, 9.17) is 9.47 Å². The SMILES string of the molecule is CCOC(=O)C(C)(C)C(=O)CC(=O)OC(C)(C)C. The van der Waals surface area contributed by atoms with Crippen molar-refractivity contribution in [2.45, 2.75) is 53.6 Å². The van der Waals surface area contributed by atoms with Gasteiger partial charge in [0.2, 0.25) is 0 Å². The first kappa shape index (κ1) is 16.6. The van der Waals surface area contributed by atoms with Crippen LogP contribution < -0.4 is 0 Å². The first-order valence-corrected chi connectivity index (χ1v) is 5.93. The van der Waals surface area contributed by atoms with Gasteiger partial charge in [0, 0.05) is 0 Å². The van der Waals surface area contributed by atoms with E-state index in [9.17, 15) is 14.4 Å². The number of carbonyl (C=O) groups excluding carboxylic acids is 3. The number of Topliss-reactive ketones (excluding diaryl/α,β-unsaturated/α-hetero) is 1. The first-order chi connectivity index (χ1) is 8.00. The van der Waals surface area contributed by atoms with Gasteiger partial charge in [0.15, 0.2) is 5.78 Å². The number of hydrogen-bond acceptors (Lipinski definition) is 5. The van der Waals surface area contributed by atoms with E-state index in [0.717, 1.165) is 0 Å². The molecule has 0 aromatic heterocycles. The molecule has 0 saturated heterocycles. The van der Waals surface area contributed by atoms with Crippen molar-refractivity contribution in [2.75, 3.05) is 6.61 Å². The molecule has 0 atom stereocenters. The van der Waals surface area contributed by atoms with Crippen molar-refractivity contribution < 1.29 is 23.9 Å². The molecule has 0 fully saturated rings. The maximum absolute atomic E-state index is 11.9. The molecule has 0 aliphatic heterocycles. The van der Waals surface area contributed by atoms with E-state index >= 15 is 0 Å². The molecule has 0 unspecified atom stereocenters. The average Bonchev–Trinajstić information content (AvgIpc) is 2.14. The lowest BCUT2D eigenvalue weighted by Crippen LogP contribution is -2.37. The molecule has 0 aliphatic rings. The quantitative estimate of drug-likeness (QED) is 0.556. The van der Waals surface area contributed by atoms with Crippen LogP contribution in [0.2, 0.25) is 0 Å². The third-order valence-electron chi connectivity index (χ3n) is 2.21. The third-order valence-corrected chi connectivity index (χ3v) is 2.21. The lowest BCUT2D eigenvalue weighted by Gasteiger charge is -2.23. The van der Waals surface area contributed by atoms with Crippen LogP contribution in [0, 0.1) is 5.41 Å². The summed E-state index contributed by atoms with van der Waals surface area (Å²) in [6.07, 6.45) is -0.427. The number of ketones is 1. The standard InChI is InChI=1S/C13H22O5/c1-7-17-11(16)13(5,6)9(14)8-10(15)18-12(2,3)4/h7-8H2,1-6H3. The van der Waals surface area contributed by atoms with E-state index in [0.29, 0.717) is 0 Å². The molecule has 0 N–H and O–H groups in total. The summed E-state index contributed by atoms with van der Waals surface area (Å²) in [4.78, 5) is 35.0. The second-order valence-electron chi connectivity index (χ2n) is 5.53. The number of rotatable bonds is 5. The molecule has 0 heterocycles. The fourth-order valence-electron chi connectivity index (χ4n) is 1.16. The van der Waals surface area contributed by atoms with Gasteiger partial charge >= 0.3 is 11.9 Å². The van der Waals surface area contributed by atoms with Crippen LogP contribution in [-0.4, -0.2) is 29.9 Å². The molecule has 5 nitrogen and oxygen atoms in total. The molecule has 5 heteroatoms. The van der Waals surface area contributed by atoms with Crippen LogP contribution in [0.25, 0.3) is 0 Å². The summed E-state index contributed by atoms with van der Waals surface area (Å²) in [6.45, 7) is 9.88. The second-order valence-corrected chi connectivity index (χ2v) is 5.53. The lowest BCUT2D eigenvalue weighted by molar-refractivity contribution is -0.162. The minimum atomic E-state index is -1.33. The van der Waals surface area contributed by atoms with Gasteiger partial charge in [-0.3, -0.25) is 14.4 Å². The number of carbonyl (C=O) groups is 3. The largest absolute Gasteiger partial charge is 0.465 e. The van der Waals surface area contributed by atoms with Crippen molar-refractivity contribution in [1.82, 2.24) is 0 Å². The van der Waals surface area contributed by atoms with E-state index in [-0.39, 0.29) is 6.61 Å². The van der Waals surface area contributed by atoms with E-state index < -0.39 is 35.2 Å². The Balaban J connectivity index is 4.57. The van der Waals surface area contributed by atoms with E-state index in [2.05, 4.69) is 0 Å². The second kappa shape index (κ2) is 5.98. The average molecular weight is 258 g/mol. The highest BCUT2D eigenvalue weighted by atomic mass is 16.6. The van der Waals surface area contributed by atoms with Crippen LogP contribution >= 0.6 is 0 Å². The van der Waals surface area contributed by atoms with Crippen molar-refractivity contribution in [3.05, 3.63) is 0 Å². The van der Waals surface area contributed by atoms with E-state index in [1.165, 1.54) is 13.8 Å². The van der Waals surface area contributed by atoms with Gasteiger partial charge in [-0.25, -0.2) is 0 Å². The van der Waals surface area contributed by atoms with Crippen LogP contribution in [0.1, 0.15) is 48.0 Å². The predicted octanol–water partition coefficient (Wildman–Crippen LogP) is 1.88. The van der Waals surface area contributed by atoms with Gasteiger partial charge in [-0.15, -0.1) is 0 Å². The Kier molecular flexibility index (Phi) is 5.52. The molecule has 0 aromatic rings. The highest BCUT2D eigenvalue weighted by molar-refractivity contribution is 6.09. The zero-order valence-electron chi connectivity index (χ0n) is 12.0. The summed E-state index contributed by atoms with van der Waals surface area (Å²) >= 11 is 0. The maximum Gasteiger partial charge on any atom is 0.319 e. The van der Waals surface area contributed by atoms with E-state index in [1.54, 1.807) is 27.7 Å². The molecular weight excluding hydrogens is 236 g/mol. The minimum absolute atomic E-state index is 0.196. The highest BCUT2D eigenvalue weighted by Crippen LogP contribution is 2.21. The Morgan fingerprint density at radius 1 is 1.00 bits per heavy atom. The highest BCUT2D eigenvalue weighted by Gasteiger charge is 2.38. The molecule has 0 aliphatic carbocycles. The number of ether oxygens (including phenoxy) is 2. The Hall–Kier alpha value is -1.39. The van der Waals surface area contributed by atoms with Crippen LogP contribution in [0.4, 0.5) is 0 Å². The molecule has 0 saturated carbocycles. The first-order valence-electron chi connectivity index (χ1n) is 5.93. The number of hydrogen-bond donors (Lipinski definition) is 0. The van der Waals surface area contributed by atoms with Gasteiger partial charge in [0.1, 0.15) is 17.4 Å². The zero-order chi connectivity index (χ0) is 14.6. The molecule has 0 amide bonds. The van der Waals surface area contributed by atoms with Crippen LogP contribution in [0.15, 0.2) is 0 Å². The number of esters is 2. The molecule has 0 aromatic carbocycles. The Bertz CT molecular complexity index is 336. The summed E-state index contributed by atoms with van der Waals surface area (Å²) in [5.74, 6) is -1.77. The molecule has 0 spiro atoms. The normalized spacial score (nSPS) is 11.9. The van der Waals surface area contributed by atoms with Crippen molar-refractivity contribution in [2.24, 2.45) is 5.41 Å². The maximum atomic E-state index is 11.9. The summed E-state index contributed by atoms with van der Waals surface area (Å²) in [5.41, 5.74) is -1.97. The monoisotopic (exact) mass is 258 g/mol. The lowest BCUT2D eigenvalue weighted by atomic mass is 9.86. The molecule has 0 rings (SSSR count). The fraction of sp³-hybridized carbons (Fsp3) is 0.769. The van der Waals surface area contributed by atoms with Crippen molar-refractivity contribution in [3.63, 3.8) is 0 Å².